The Morgan fingerprint density at radius 1 is 1.55 bits per heavy atom. The highest BCUT2D eigenvalue weighted by Gasteiger charge is 2.36. The maximum Gasteiger partial charge on any atom is 0.435 e. The average Bonchev–Trinajstić information content (AvgIpc) is 2.31. The van der Waals surface area contributed by atoms with Gasteiger partial charge in [0.05, 0.1) is 5.56 Å². The summed E-state index contributed by atoms with van der Waals surface area (Å²) in [6, 6.07) is 1.41. The average molecular weight is 178 g/mol. The number of hydrogen-bond donors (Lipinski definition) is 0. The molecular formula is C5HF3N2S. The third-order valence-electron chi connectivity index (χ3n) is 0.959. The van der Waals surface area contributed by atoms with E-state index in [1.165, 1.54) is 6.07 Å². The summed E-state index contributed by atoms with van der Waals surface area (Å²) >= 11 is 0.625. The normalized spacial score (nSPS) is 11.1. The highest BCUT2D eigenvalue weighted by atomic mass is 32.1. The molecule has 0 amide bonds. The van der Waals surface area contributed by atoms with Gasteiger partial charge in [-0.1, -0.05) is 0 Å². The second kappa shape index (κ2) is 2.51. The molecular weight excluding hydrogens is 177 g/mol. The predicted octanol–water partition coefficient (Wildman–Crippen LogP) is 2.03. The molecule has 0 spiro atoms. The highest BCUT2D eigenvalue weighted by Crippen LogP contribution is 2.31. The van der Waals surface area contributed by atoms with Crippen molar-refractivity contribution in [1.29, 1.82) is 5.26 Å². The van der Waals surface area contributed by atoms with Gasteiger partial charge in [-0.3, -0.25) is 0 Å². The lowest BCUT2D eigenvalue weighted by molar-refractivity contribution is -0.140. The molecule has 1 aromatic heterocycles. The first kappa shape index (κ1) is 8.01. The largest absolute Gasteiger partial charge is 0.435 e. The first-order valence-electron chi connectivity index (χ1n) is 2.47. The molecule has 1 rings (SSSR count). The van der Waals surface area contributed by atoms with Crippen molar-refractivity contribution >= 4 is 11.5 Å². The topological polar surface area (TPSA) is 36.7 Å². The van der Waals surface area contributed by atoms with Crippen LogP contribution in [0.15, 0.2) is 5.38 Å². The molecule has 1 heterocycles. The van der Waals surface area contributed by atoms with Crippen LogP contribution in [0.2, 0.25) is 0 Å². The lowest BCUT2D eigenvalue weighted by Crippen LogP contribution is -2.06. The summed E-state index contributed by atoms with van der Waals surface area (Å²) < 4.78 is 38.6. The Morgan fingerprint density at radius 2 is 2.18 bits per heavy atom. The van der Waals surface area contributed by atoms with Gasteiger partial charge in [-0.15, -0.1) is 0 Å². The number of alkyl halides is 3. The van der Waals surface area contributed by atoms with Crippen LogP contribution in [0, 0.1) is 11.3 Å². The van der Waals surface area contributed by atoms with Crippen molar-refractivity contribution in [3.63, 3.8) is 0 Å². The second-order valence-electron chi connectivity index (χ2n) is 1.69. The molecule has 0 bridgehead atoms. The van der Waals surface area contributed by atoms with E-state index < -0.39 is 17.4 Å². The summed E-state index contributed by atoms with van der Waals surface area (Å²) in [6.07, 6.45) is -4.51. The van der Waals surface area contributed by atoms with Crippen molar-refractivity contribution in [3.05, 3.63) is 16.6 Å². The molecule has 0 N–H and O–H groups in total. The van der Waals surface area contributed by atoms with E-state index >= 15 is 0 Å². The summed E-state index contributed by atoms with van der Waals surface area (Å²) in [5, 5.41) is 9.26. The van der Waals surface area contributed by atoms with Crippen molar-refractivity contribution in [1.82, 2.24) is 4.37 Å². The fourth-order valence-corrected chi connectivity index (χ4v) is 1.15. The molecule has 6 heteroatoms. The van der Waals surface area contributed by atoms with E-state index in [1.54, 1.807) is 0 Å². The summed E-state index contributed by atoms with van der Waals surface area (Å²) in [5.74, 6) is 0. The van der Waals surface area contributed by atoms with E-state index in [9.17, 15) is 13.2 Å². The molecule has 1 aromatic rings. The minimum atomic E-state index is -4.51. The van der Waals surface area contributed by atoms with Crippen molar-refractivity contribution < 1.29 is 13.2 Å². The molecule has 0 saturated carbocycles. The van der Waals surface area contributed by atoms with Crippen LogP contribution in [-0.4, -0.2) is 4.37 Å². The standard InChI is InChI=1S/C5HF3N2S/c6-5(7,8)4-3(1-9)2-11-10-4/h2H. The molecule has 0 aromatic carbocycles. The SMILES string of the molecule is N#Cc1csnc1C(F)(F)F. The highest BCUT2D eigenvalue weighted by molar-refractivity contribution is 7.03. The molecule has 0 fully saturated rings. The van der Waals surface area contributed by atoms with E-state index in [0.717, 1.165) is 5.38 Å². The zero-order valence-electron chi connectivity index (χ0n) is 5.01. The molecule has 2 nitrogen and oxygen atoms in total. The third-order valence-corrected chi connectivity index (χ3v) is 1.59. The minimum absolute atomic E-state index is 0.414. The Balaban J connectivity index is 3.15. The van der Waals surface area contributed by atoms with Crippen LogP contribution in [0.4, 0.5) is 13.2 Å². The van der Waals surface area contributed by atoms with E-state index in [-0.39, 0.29) is 0 Å². The third kappa shape index (κ3) is 1.49. The molecule has 0 atom stereocenters. The van der Waals surface area contributed by atoms with Crippen molar-refractivity contribution in [2.24, 2.45) is 0 Å². The van der Waals surface area contributed by atoms with Crippen molar-refractivity contribution in [3.8, 4) is 6.07 Å². The fourth-order valence-electron chi connectivity index (χ4n) is 0.521. The van der Waals surface area contributed by atoms with Gasteiger partial charge in [0.15, 0.2) is 5.69 Å². The van der Waals surface area contributed by atoms with Crippen LogP contribution in [0.3, 0.4) is 0 Å². The molecule has 0 aliphatic heterocycles. The number of aromatic nitrogens is 1. The van der Waals surface area contributed by atoms with Crippen LogP contribution in [0.25, 0.3) is 0 Å². The molecule has 0 saturated heterocycles. The first-order valence-corrected chi connectivity index (χ1v) is 3.31. The van der Waals surface area contributed by atoms with Gasteiger partial charge in [-0.2, -0.15) is 22.8 Å². The van der Waals surface area contributed by atoms with Crippen LogP contribution >= 0.6 is 11.5 Å². The Labute approximate surface area is 64.1 Å². The summed E-state index contributed by atoms with van der Waals surface area (Å²) in [4.78, 5) is 0. The van der Waals surface area contributed by atoms with Gasteiger partial charge in [0, 0.05) is 5.38 Å². The number of halogens is 3. The lowest BCUT2D eigenvalue weighted by Gasteiger charge is -2.00. The van der Waals surface area contributed by atoms with Crippen molar-refractivity contribution in [2.75, 3.05) is 0 Å². The Hall–Kier alpha value is -1.09. The van der Waals surface area contributed by atoms with Gasteiger partial charge in [-0.05, 0) is 11.5 Å². The summed E-state index contributed by atoms with van der Waals surface area (Å²) in [5.41, 5.74) is -1.51. The minimum Gasteiger partial charge on any atom is -0.192 e. The van der Waals surface area contributed by atoms with Crippen molar-refractivity contribution in [2.45, 2.75) is 6.18 Å². The van der Waals surface area contributed by atoms with Crippen LogP contribution in [0.1, 0.15) is 11.3 Å². The van der Waals surface area contributed by atoms with E-state index in [0.29, 0.717) is 11.5 Å². The van der Waals surface area contributed by atoms with E-state index in [4.69, 9.17) is 5.26 Å². The molecule has 58 valence electrons. The smallest absolute Gasteiger partial charge is 0.192 e. The van der Waals surface area contributed by atoms with Crippen LogP contribution in [-0.2, 0) is 6.18 Å². The summed E-state index contributed by atoms with van der Waals surface area (Å²) in [6.45, 7) is 0. The zero-order valence-corrected chi connectivity index (χ0v) is 5.83. The van der Waals surface area contributed by atoms with Gasteiger partial charge in [0.1, 0.15) is 6.07 Å². The van der Waals surface area contributed by atoms with Crippen LogP contribution in [0.5, 0.6) is 0 Å². The number of rotatable bonds is 0. The molecule has 0 aliphatic carbocycles. The zero-order chi connectivity index (χ0) is 8.48. The first-order chi connectivity index (χ1) is 5.05. The number of hydrogen-bond acceptors (Lipinski definition) is 3. The van der Waals surface area contributed by atoms with E-state index in [2.05, 4.69) is 4.37 Å². The Morgan fingerprint density at radius 3 is 2.55 bits per heavy atom. The second-order valence-corrected chi connectivity index (χ2v) is 2.32. The van der Waals surface area contributed by atoms with Gasteiger partial charge < -0.3 is 0 Å². The Kier molecular flexibility index (Phi) is 1.83. The van der Waals surface area contributed by atoms with Gasteiger partial charge >= 0.3 is 6.18 Å². The fraction of sp³-hybridized carbons (Fsp3) is 0.200. The van der Waals surface area contributed by atoms with Gasteiger partial charge in [0.2, 0.25) is 0 Å². The molecule has 0 radical (unpaired) electrons. The predicted molar refractivity (Wildman–Crippen MR) is 31.8 cm³/mol. The number of nitriles is 1. The van der Waals surface area contributed by atoms with Crippen LogP contribution < -0.4 is 0 Å². The maximum absolute atomic E-state index is 11.9. The molecule has 0 aliphatic rings. The molecule has 0 unspecified atom stereocenters. The Bertz CT molecular complexity index is 295. The van der Waals surface area contributed by atoms with Gasteiger partial charge in [0.25, 0.3) is 0 Å². The quantitative estimate of drug-likeness (QED) is 0.609. The van der Waals surface area contributed by atoms with E-state index in [1.807, 2.05) is 0 Å². The monoisotopic (exact) mass is 178 g/mol. The molecule has 11 heavy (non-hydrogen) atoms. The number of nitrogens with zero attached hydrogens (tertiary/aromatic N) is 2. The lowest BCUT2D eigenvalue weighted by atomic mass is 10.3. The maximum atomic E-state index is 11.9. The summed E-state index contributed by atoms with van der Waals surface area (Å²) in [7, 11) is 0. The van der Waals surface area contributed by atoms with Gasteiger partial charge in [-0.25, -0.2) is 0 Å².